The van der Waals surface area contributed by atoms with Gasteiger partial charge in [-0.05, 0) is 46.5 Å². The monoisotopic (exact) mass is 537 g/mol. The Hall–Kier alpha value is -3.19. The van der Waals surface area contributed by atoms with E-state index < -0.39 is 11.7 Å². The van der Waals surface area contributed by atoms with Crippen LogP contribution in [0.25, 0.3) is 22.2 Å². The topological polar surface area (TPSA) is 51.0 Å². The molecule has 0 bridgehead atoms. The number of halogens is 3. The van der Waals surface area contributed by atoms with Crippen LogP contribution < -0.4 is 5.32 Å². The van der Waals surface area contributed by atoms with E-state index in [0.29, 0.717) is 19.0 Å². The van der Waals surface area contributed by atoms with Gasteiger partial charge in [0, 0.05) is 25.1 Å². The molecule has 3 aromatic carbocycles. The molecule has 0 radical (unpaired) electrons. The lowest BCUT2D eigenvalue weighted by atomic mass is 9.99. The van der Waals surface area contributed by atoms with Crippen LogP contribution >= 0.6 is 0 Å². The standard InChI is InChI=1S/C32H38F3N3O/c1-2-3-4-5-6-7-8-9-10-15-30-37-31(39-38-30)29-21-18-25(27-13-11-12-14-28(27)29)23-36-22-24-16-19-26(20-17-24)32(33,34)35/h11-14,16-21,36H,2-10,15,22-23H2,1H3. The maximum absolute atomic E-state index is 12.8. The SMILES string of the molecule is CCCCCCCCCCCc1noc(-c2ccc(CNCc3ccc(C(F)(F)F)cc3)c3ccccc23)n1. The Labute approximate surface area is 229 Å². The summed E-state index contributed by atoms with van der Waals surface area (Å²) >= 11 is 0. The van der Waals surface area contributed by atoms with E-state index in [4.69, 9.17) is 4.52 Å². The lowest BCUT2D eigenvalue weighted by molar-refractivity contribution is -0.137. The molecule has 4 aromatic rings. The minimum absolute atomic E-state index is 0.472. The molecule has 4 nitrogen and oxygen atoms in total. The summed E-state index contributed by atoms with van der Waals surface area (Å²) in [6.07, 6.45) is 8.00. The molecule has 0 aliphatic heterocycles. The van der Waals surface area contributed by atoms with E-state index in [1.54, 1.807) is 0 Å². The minimum Gasteiger partial charge on any atom is -0.334 e. The van der Waals surface area contributed by atoms with Crippen LogP contribution in [-0.2, 0) is 25.7 Å². The van der Waals surface area contributed by atoms with Crippen molar-refractivity contribution in [3.8, 4) is 11.5 Å². The molecule has 0 saturated carbocycles. The highest BCUT2D eigenvalue weighted by atomic mass is 19.4. The first-order valence-electron chi connectivity index (χ1n) is 14.2. The summed E-state index contributed by atoms with van der Waals surface area (Å²) in [7, 11) is 0. The van der Waals surface area contributed by atoms with Crippen molar-refractivity contribution in [2.45, 2.75) is 90.4 Å². The van der Waals surface area contributed by atoms with E-state index in [1.165, 1.54) is 63.5 Å². The van der Waals surface area contributed by atoms with Gasteiger partial charge in [0.25, 0.3) is 5.89 Å². The van der Waals surface area contributed by atoms with Crippen LogP contribution in [0, 0.1) is 0 Å². The number of aromatic nitrogens is 2. The predicted molar refractivity (Wildman–Crippen MR) is 150 cm³/mol. The van der Waals surface area contributed by atoms with E-state index >= 15 is 0 Å². The number of nitrogens with zero attached hydrogens (tertiary/aromatic N) is 2. The maximum Gasteiger partial charge on any atom is 0.416 e. The molecule has 1 N–H and O–H groups in total. The molecule has 0 saturated heterocycles. The van der Waals surface area contributed by atoms with Crippen molar-refractivity contribution in [1.29, 1.82) is 0 Å². The summed E-state index contributed by atoms with van der Waals surface area (Å²) in [6, 6.07) is 17.4. The number of nitrogens with one attached hydrogen (secondary N) is 1. The van der Waals surface area contributed by atoms with Crippen molar-refractivity contribution in [3.05, 3.63) is 83.2 Å². The molecule has 1 heterocycles. The van der Waals surface area contributed by atoms with Gasteiger partial charge in [0.15, 0.2) is 5.82 Å². The van der Waals surface area contributed by atoms with Crippen molar-refractivity contribution >= 4 is 10.8 Å². The Morgan fingerprint density at radius 3 is 2.10 bits per heavy atom. The molecular formula is C32H38F3N3O. The molecule has 0 spiro atoms. The molecule has 0 amide bonds. The third-order valence-electron chi connectivity index (χ3n) is 7.14. The fourth-order valence-electron chi connectivity index (χ4n) is 4.91. The molecule has 39 heavy (non-hydrogen) atoms. The van der Waals surface area contributed by atoms with Crippen LogP contribution in [-0.4, -0.2) is 10.1 Å². The molecule has 0 unspecified atom stereocenters. The van der Waals surface area contributed by atoms with Gasteiger partial charge in [0.2, 0.25) is 0 Å². The molecular weight excluding hydrogens is 499 g/mol. The first-order chi connectivity index (χ1) is 19.0. The van der Waals surface area contributed by atoms with Crippen LogP contribution in [0.2, 0.25) is 0 Å². The van der Waals surface area contributed by atoms with Gasteiger partial charge >= 0.3 is 6.18 Å². The summed E-state index contributed by atoms with van der Waals surface area (Å²) in [6.45, 7) is 3.30. The van der Waals surface area contributed by atoms with Gasteiger partial charge in [-0.15, -0.1) is 0 Å². The molecule has 4 rings (SSSR count). The van der Waals surface area contributed by atoms with E-state index in [2.05, 4.69) is 34.5 Å². The molecule has 0 aliphatic rings. The number of alkyl halides is 3. The van der Waals surface area contributed by atoms with E-state index in [1.807, 2.05) is 24.3 Å². The lowest BCUT2D eigenvalue weighted by Gasteiger charge is -2.11. The highest BCUT2D eigenvalue weighted by Gasteiger charge is 2.29. The maximum atomic E-state index is 12.8. The highest BCUT2D eigenvalue weighted by molar-refractivity contribution is 5.96. The zero-order valence-electron chi connectivity index (χ0n) is 22.7. The number of rotatable bonds is 15. The van der Waals surface area contributed by atoms with Crippen LogP contribution in [0.4, 0.5) is 13.2 Å². The molecule has 0 fully saturated rings. The van der Waals surface area contributed by atoms with Crippen LogP contribution in [0.5, 0.6) is 0 Å². The summed E-state index contributed by atoms with van der Waals surface area (Å²) < 4.78 is 44.1. The Balaban J connectivity index is 1.31. The molecule has 0 aliphatic carbocycles. The van der Waals surface area contributed by atoms with Crippen LogP contribution in [0.3, 0.4) is 0 Å². The number of unbranched alkanes of at least 4 members (excludes halogenated alkanes) is 8. The molecule has 208 valence electrons. The normalized spacial score (nSPS) is 11.9. The van der Waals surface area contributed by atoms with Gasteiger partial charge < -0.3 is 9.84 Å². The van der Waals surface area contributed by atoms with Crippen molar-refractivity contribution in [2.75, 3.05) is 0 Å². The second-order valence-electron chi connectivity index (χ2n) is 10.2. The summed E-state index contributed by atoms with van der Waals surface area (Å²) in [4.78, 5) is 4.68. The smallest absolute Gasteiger partial charge is 0.334 e. The van der Waals surface area contributed by atoms with E-state index in [9.17, 15) is 13.2 Å². The largest absolute Gasteiger partial charge is 0.416 e. The van der Waals surface area contributed by atoms with Crippen molar-refractivity contribution in [3.63, 3.8) is 0 Å². The Bertz CT molecular complexity index is 1300. The van der Waals surface area contributed by atoms with Gasteiger partial charge in [-0.3, -0.25) is 0 Å². The quantitative estimate of drug-likeness (QED) is 0.154. The summed E-state index contributed by atoms with van der Waals surface area (Å²) in [5, 5.41) is 9.68. The van der Waals surface area contributed by atoms with Gasteiger partial charge in [-0.2, -0.15) is 18.2 Å². The third kappa shape index (κ3) is 8.40. The minimum atomic E-state index is -4.32. The highest BCUT2D eigenvalue weighted by Crippen LogP contribution is 2.31. The van der Waals surface area contributed by atoms with E-state index in [-0.39, 0.29) is 0 Å². The fraction of sp³-hybridized carbons (Fsp3) is 0.438. The zero-order chi connectivity index (χ0) is 27.5. The second-order valence-corrected chi connectivity index (χ2v) is 10.2. The van der Waals surface area contributed by atoms with Crippen LogP contribution in [0.15, 0.2) is 65.2 Å². The van der Waals surface area contributed by atoms with Crippen molar-refractivity contribution < 1.29 is 17.7 Å². The lowest BCUT2D eigenvalue weighted by Crippen LogP contribution is -2.13. The average Bonchev–Trinajstić information content (AvgIpc) is 3.40. The summed E-state index contributed by atoms with van der Waals surface area (Å²) in [5.74, 6) is 1.28. The van der Waals surface area contributed by atoms with Gasteiger partial charge in [-0.25, -0.2) is 0 Å². The summed E-state index contributed by atoms with van der Waals surface area (Å²) in [5.41, 5.74) is 2.16. The zero-order valence-corrected chi connectivity index (χ0v) is 22.7. The van der Waals surface area contributed by atoms with Gasteiger partial charge in [-0.1, -0.05) is 106 Å². The number of fused-ring (bicyclic) bond motifs is 1. The van der Waals surface area contributed by atoms with Gasteiger partial charge in [0.05, 0.1) is 5.56 Å². The van der Waals surface area contributed by atoms with Crippen molar-refractivity contribution in [1.82, 2.24) is 15.5 Å². The number of aryl methyl sites for hydroxylation is 1. The predicted octanol–water partition coefficient (Wildman–Crippen LogP) is 9.27. The number of hydrogen-bond acceptors (Lipinski definition) is 4. The van der Waals surface area contributed by atoms with E-state index in [0.717, 1.165) is 58.3 Å². The fourth-order valence-corrected chi connectivity index (χ4v) is 4.91. The number of benzene rings is 3. The molecule has 1 aromatic heterocycles. The first-order valence-corrected chi connectivity index (χ1v) is 14.2. The van der Waals surface area contributed by atoms with Crippen LogP contribution in [0.1, 0.15) is 87.2 Å². The Morgan fingerprint density at radius 1 is 0.744 bits per heavy atom. The Morgan fingerprint density at radius 2 is 1.41 bits per heavy atom. The Kier molecular flexibility index (Phi) is 10.5. The van der Waals surface area contributed by atoms with Gasteiger partial charge in [0.1, 0.15) is 0 Å². The van der Waals surface area contributed by atoms with Crippen molar-refractivity contribution in [2.24, 2.45) is 0 Å². The third-order valence-corrected chi connectivity index (χ3v) is 7.14. The number of hydrogen-bond donors (Lipinski definition) is 1. The second kappa shape index (κ2) is 14.3. The average molecular weight is 538 g/mol. The molecule has 0 atom stereocenters. The molecule has 7 heteroatoms. The first kappa shape index (κ1) is 28.8.